The molecule has 1 aliphatic heterocycles. The zero-order chi connectivity index (χ0) is 11.6. The molecule has 1 atom stereocenters. The number of ether oxygens (including phenoxy) is 3. The molecule has 1 fully saturated rings. The number of methoxy groups -OCH3 is 1. The second-order valence-electron chi connectivity index (χ2n) is 3.55. The maximum atomic E-state index is 5.48. The first-order chi connectivity index (χ1) is 7.83. The van der Waals surface area contributed by atoms with Crippen molar-refractivity contribution in [2.24, 2.45) is 0 Å². The Morgan fingerprint density at radius 3 is 3.00 bits per heavy atom. The van der Waals surface area contributed by atoms with E-state index in [9.17, 15) is 0 Å². The van der Waals surface area contributed by atoms with Crippen LogP contribution in [0.3, 0.4) is 0 Å². The van der Waals surface area contributed by atoms with Crippen molar-refractivity contribution in [3.8, 4) is 0 Å². The Kier molecular flexibility index (Phi) is 7.41. The van der Waals surface area contributed by atoms with Crippen LogP contribution in [0, 0.1) is 0 Å². The summed E-state index contributed by atoms with van der Waals surface area (Å²) < 4.78 is 15.7. The van der Waals surface area contributed by atoms with Gasteiger partial charge in [0.25, 0.3) is 0 Å². The Bertz CT molecular complexity index is 199. The summed E-state index contributed by atoms with van der Waals surface area (Å²) in [5.74, 6) is 0. The second-order valence-corrected chi connectivity index (χ2v) is 3.96. The lowest BCUT2D eigenvalue weighted by atomic mass is 10.3. The van der Waals surface area contributed by atoms with Gasteiger partial charge in [-0.3, -0.25) is 0 Å². The Hall–Kier alpha value is -0.430. The fourth-order valence-electron chi connectivity index (χ4n) is 1.34. The van der Waals surface area contributed by atoms with Gasteiger partial charge in [0, 0.05) is 26.8 Å². The molecule has 0 aromatic heterocycles. The molecule has 1 aliphatic rings. The van der Waals surface area contributed by atoms with Gasteiger partial charge in [-0.15, -0.1) is 0 Å². The zero-order valence-corrected chi connectivity index (χ0v) is 10.5. The van der Waals surface area contributed by atoms with Gasteiger partial charge < -0.3 is 24.8 Å². The first-order valence-corrected chi connectivity index (χ1v) is 5.93. The standard InChI is InChI=1S/C10H20N2O3S/c1-13-4-2-3-11-10(16)12-7-9-8-14-5-6-15-9/h9H,2-8H2,1H3,(H2,11,12,16). The van der Waals surface area contributed by atoms with E-state index in [1.165, 1.54) is 0 Å². The lowest BCUT2D eigenvalue weighted by Crippen LogP contribution is -2.43. The van der Waals surface area contributed by atoms with E-state index in [0.717, 1.165) is 19.6 Å². The Labute approximate surface area is 102 Å². The van der Waals surface area contributed by atoms with Crippen LogP contribution in [0.15, 0.2) is 0 Å². The van der Waals surface area contributed by atoms with Gasteiger partial charge in [-0.1, -0.05) is 0 Å². The van der Waals surface area contributed by atoms with Gasteiger partial charge in [-0.2, -0.15) is 0 Å². The van der Waals surface area contributed by atoms with Crippen LogP contribution in [0.5, 0.6) is 0 Å². The molecule has 0 bridgehead atoms. The fraction of sp³-hybridized carbons (Fsp3) is 0.900. The first kappa shape index (κ1) is 13.6. The van der Waals surface area contributed by atoms with Crippen LogP contribution >= 0.6 is 12.2 Å². The molecule has 6 heteroatoms. The van der Waals surface area contributed by atoms with Crippen LogP contribution < -0.4 is 10.6 Å². The second kappa shape index (κ2) is 8.69. The minimum Gasteiger partial charge on any atom is -0.385 e. The third-order valence-corrected chi connectivity index (χ3v) is 2.47. The SMILES string of the molecule is COCCCNC(=S)NCC1COCCO1. The molecule has 1 heterocycles. The van der Waals surface area contributed by atoms with Gasteiger partial charge in [0.15, 0.2) is 5.11 Å². The normalized spacial score (nSPS) is 20.4. The summed E-state index contributed by atoms with van der Waals surface area (Å²) in [6.07, 6.45) is 1.05. The molecule has 1 unspecified atom stereocenters. The highest BCUT2D eigenvalue weighted by Gasteiger charge is 2.13. The molecule has 0 aromatic carbocycles. The fourth-order valence-corrected chi connectivity index (χ4v) is 1.53. The topological polar surface area (TPSA) is 51.8 Å². The van der Waals surface area contributed by atoms with Crippen molar-refractivity contribution >= 4 is 17.3 Å². The van der Waals surface area contributed by atoms with Crippen molar-refractivity contribution in [2.45, 2.75) is 12.5 Å². The van der Waals surface area contributed by atoms with Gasteiger partial charge in [0.2, 0.25) is 0 Å². The summed E-state index contributed by atoms with van der Waals surface area (Å²) in [6.45, 7) is 4.25. The minimum atomic E-state index is 0.104. The number of thiocarbonyl (C=S) groups is 1. The molecule has 0 amide bonds. The van der Waals surface area contributed by atoms with Crippen LogP contribution in [-0.4, -0.2) is 57.8 Å². The van der Waals surface area contributed by atoms with Crippen molar-refractivity contribution in [1.82, 2.24) is 10.6 Å². The number of hydrogen-bond donors (Lipinski definition) is 2. The maximum Gasteiger partial charge on any atom is 0.166 e. The molecule has 0 saturated carbocycles. The summed E-state index contributed by atoms with van der Waals surface area (Å²) in [6, 6.07) is 0. The van der Waals surface area contributed by atoms with Crippen LogP contribution in [0.4, 0.5) is 0 Å². The van der Waals surface area contributed by atoms with Gasteiger partial charge >= 0.3 is 0 Å². The Morgan fingerprint density at radius 1 is 1.44 bits per heavy atom. The highest BCUT2D eigenvalue weighted by atomic mass is 32.1. The van der Waals surface area contributed by atoms with E-state index in [4.69, 9.17) is 26.4 Å². The van der Waals surface area contributed by atoms with Gasteiger partial charge in [-0.05, 0) is 18.6 Å². The zero-order valence-electron chi connectivity index (χ0n) is 9.66. The minimum absolute atomic E-state index is 0.104. The summed E-state index contributed by atoms with van der Waals surface area (Å²) in [5, 5.41) is 6.86. The van der Waals surface area contributed by atoms with E-state index in [0.29, 0.717) is 31.5 Å². The molecule has 16 heavy (non-hydrogen) atoms. The van der Waals surface area contributed by atoms with E-state index >= 15 is 0 Å². The van der Waals surface area contributed by atoms with E-state index in [-0.39, 0.29) is 6.10 Å². The molecule has 1 rings (SSSR count). The quantitative estimate of drug-likeness (QED) is 0.506. The van der Waals surface area contributed by atoms with Crippen LogP contribution in [0.2, 0.25) is 0 Å². The van der Waals surface area contributed by atoms with E-state index in [1.54, 1.807) is 7.11 Å². The number of rotatable bonds is 6. The van der Waals surface area contributed by atoms with Gasteiger partial charge in [-0.25, -0.2) is 0 Å². The van der Waals surface area contributed by atoms with E-state index in [1.807, 2.05) is 0 Å². The maximum absolute atomic E-state index is 5.48. The van der Waals surface area contributed by atoms with E-state index < -0.39 is 0 Å². The lowest BCUT2D eigenvalue weighted by Gasteiger charge is -2.23. The summed E-state index contributed by atoms with van der Waals surface area (Å²) in [7, 11) is 1.69. The largest absolute Gasteiger partial charge is 0.385 e. The Balaban J connectivity index is 1.96. The van der Waals surface area contributed by atoms with Crippen LogP contribution in [0.1, 0.15) is 6.42 Å². The van der Waals surface area contributed by atoms with Crippen molar-refractivity contribution in [1.29, 1.82) is 0 Å². The summed E-state index contributed by atoms with van der Waals surface area (Å²) in [5.41, 5.74) is 0. The predicted octanol–water partition coefficient (Wildman–Crippen LogP) is -0.0976. The highest BCUT2D eigenvalue weighted by molar-refractivity contribution is 7.80. The Morgan fingerprint density at radius 2 is 2.31 bits per heavy atom. The smallest absolute Gasteiger partial charge is 0.166 e. The first-order valence-electron chi connectivity index (χ1n) is 5.53. The highest BCUT2D eigenvalue weighted by Crippen LogP contribution is 1.98. The summed E-state index contributed by atoms with van der Waals surface area (Å²) >= 11 is 5.11. The molecule has 94 valence electrons. The third kappa shape index (κ3) is 6.22. The van der Waals surface area contributed by atoms with Gasteiger partial charge in [0.1, 0.15) is 0 Å². The molecule has 0 spiro atoms. The molecule has 5 nitrogen and oxygen atoms in total. The number of hydrogen-bond acceptors (Lipinski definition) is 4. The van der Waals surface area contributed by atoms with Crippen molar-refractivity contribution in [3.05, 3.63) is 0 Å². The van der Waals surface area contributed by atoms with Crippen LogP contribution in [-0.2, 0) is 14.2 Å². The molecular formula is C10H20N2O3S. The average molecular weight is 248 g/mol. The molecule has 1 saturated heterocycles. The van der Waals surface area contributed by atoms with E-state index in [2.05, 4.69) is 10.6 Å². The monoisotopic (exact) mass is 248 g/mol. The number of nitrogens with one attached hydrogen (secondary N) is 2. The molecular weight excluding hydrogens is 228 g/mol. The predicted molar refractivity (Wildman–Crippen MR) is 65.7 cm³/mol. The average Bonchev–Trinajstić information content (AvgIpc) is 2.33. The van der Waals surface area contributed by atoms with Crippen molar-refractivity contribution in [2.75, 3.05) is 46.6 Å². The van der Waals surface area contributed by atoms with Crippen LogP contribution in [0.25, 0.3) is 0 Å². The molecule has 2 N–H and O–H groups in total. The van der Waals surface area contributed by atoms with Gasteiger partial charge in [0.05, 0.1) is 25.9 Å². The molecule has 0 radical (unpaired) electrons. The van der Waals surface area contributed by atoms with Crippen molar-refractivity contribution in [3.63, 3.8) is 0 Å². The lowest BCUT2D eigenvalue weighted by molar-refractivity contribution is -0.0849. The summed E-state index contributed by atoms with van der Waals surface area (Å²) in [4.78, 5) is 0. The van der Waals surface area contributed by atoms with Crippen molar-refractivity contribution < 1.29 is 14.2 Å². The molecule has 0 aromatic rings. The molecule has 0 aliphatic carbocycles. The third-order valence-electron chi connectivity index (χ3n) is 2.19.